The Hall–Kier alpha value is -3.66. The van der Waals surface area contributed by atoms with E-state index in [1.54, 1.807) is 22.9 Å². The molecule has 1 aromatic heterocycles. The van der Waals surface area contributed by atoms with E-state index in [4.69, 9.17) is 37.7 Å². The van der Waals surface area contributed by atoms with Crippen LogP contribution in [0.1, 0.15) is 16.7 Å². The lowest BCUT2D eigenvalue weighted by molar-refractivity contribution is -0.385. The number of fused-ring (bicyclic) bond motifs is 1. The number of rotatable bonds is 5. The molecule has 3 aromatic carbocycles. The van der Waals surface area contributed by atoms with E-state index in [2.05, 4.69) is 5.10 Å². The van der Waals surface area contributed by atoms with Crippen LogP contribution in [0.25, 0.3) is 11.3 Å². The molecule has 0 amide bonds. The van der Waals surface area contributed by atoms with Crippen LogP contribution in [0.5, 0.6) is 11.5 Å². The quantitative estimate of drug-likeness (QED) is 0.156. The summed E-state index contributed by atoms with van der Waals surface area (Å²) in [6, 6.07) is 14.0. The SMILES string of the molecule is Cc1ccc(C)c(N=c2scc(-c3cc(Cl)ccc3Cl)n2N=Cc2cc3c(cc2[N+](=O)[O-])OCO3)c1. The molecule has 4 aromatic rings. The lowest BCUT2D eigenvalue weighted by Crippen LogP contribution is -2.12. The zero-order chi connectivity index (χ0) is 25.4. The minimum Gasteiger partial charge on any atom is -0.454 e. The molecule has 0 radical (unpaired) electrons. The van der Waals surface area contributed by atoms with E-state index >= 15 is 0 Å². The Morgan fingerprint density at radius 3 is 2.64 bits per heavy atom. The van der Waals surface area contributed by atoms with Crippen molar-refractivity contribution in [1.82, 2.24) is 4.68 Å². The van der Waals surface area contributed by atoms with Gasteiger partial charge < -0.3 is 9.47 Å². The molecule has 0 atom stereocenters. The molecule has 0 N–H and O–H groups in total. The minimum absolute atomic E-state index is 0.00263. The van der Waals surface area contributed by atoms with Crippen molar-refractivity contribution in [2.75, 3.05) is 6.79 Å². The molecule has 0 aliphatic carbocycles. The normalized spacial score (nSPS) is 13.1. The van der Waals surface area contributed by atoms with E-state index in [1.807, 2.05) is 37.4 Å². The second-order valence-electron chi connectivity index (χ2n) is 8.01. The Balaban J connectivity index is 1.71. The number of halogens is 2. The molecule has 0 unspecified atom stereocenters. The first-order valence-corrected chi connectivity index (χ1v) is 12.3. The van der Waals surface area contributed by atoms with Gasteiger partial charge in [-0.2, -0.15) is 5.10 Å². The molecule has 8 nitrogen and oxygen atoms in total. The zero-order valence-electron chi connectivity index (χ0n) is 19.1. The monoisotopic (exact) mass is 540 g/mol. The number of hydrogen-bond acceptors (Lipinski definition) is 7. The number of nitrogens with zero attached hydrogens (tertiary/aromatic N) is 4. The van der Waals surface area contributed by atoms with E-state index in [-0.39, 0.29) is 18.0 Å². The first-order chi connectivity index (χ1) is 17.3. The third kappa shape index (κ3) is 4.73. The Morgan fingerprint density at radius 1 is 1.08 bits per heavy atom. The summed E-state index contributed by atoms with van der Waals surface area (Å²) in [5.74, 6) is 0.731. The Labute approximate surface area is 219 Å². The highest BCUT2D eigenvalue weighted by molar-refractivity contribution is 7.07. The maximum atomic E-state index is 11.7. The van der Waals surface area contributed by atoms with Gasteiger partial charge in [0.2, 0.25) is 11.6 Å². The number of thiazole rings is 1. The summed E-state index contributed by atoms with van der Waals surface area (Å²) in [6.07, 6.45) is 1.40. The molecule has 11 heteroatoms. The lowest BCUT2D eigenvalue weighted by atomic mass is 10.1. The van der Waals surface area contributed by atoms with Crippen LogP contribution in [0.3, 0.4) is 0 Å². The van der Waals surface area contributed by atoms with Crippen molar-refractivity contribution in [1.29, 1.82) is 0 Å². The lowest BCUT2D eigenvalue weighted by Gasteiger charge is -2.07. The van der Waals surface area contributed by atoms with Gasteiger partial charge >= 0.3 is 0 Å². The highest BCUT2D eigenvalue weighted by Crippen LogP contribution is 2.37. The van der Waals surface area contributed by atoms with Crippen molar-refractivity contribution in [3.8, 4) is 22.8 Å². The van der Waals surface area contributed by atoms with Crippen LogP contribution in [-0.2, 0) is 0 Å². The summed E-state index contributed by atoms with van der Waals surface area (Å²) in [4.78, 5) is 16.6. The summed E-state index contributed by atoms with van der Waals surface area (Å²) in [5.41, 5.74) is 4.24. The Morgan fingerprint density at radius 2 is 1.86 bits per heavy atom. The number of nitro groups is 1. The van der Waals surface area contributed by atoms with Gasteiger partial charge in [0.05, 0.1) is 39.2 Å². The fraction of sp³-hybridized carbons (Fsp3) is 0.120. The minimum atomic E-state index is -0.488. The number of nitro benzene ring substituents is 1. The molecule has 0 bridgehead atoms. The van der Waals surface area contributed by atoms with Crippen LogP contribution < -0.4 is 14.3 Å². The molecule has 1 aliphatic heterocycles. The van der Waals surface area contributed by atoms with E-state index in [9.17, 15) is 10.1 Å². The van der Waals surface area contributed by atoms with Crippen molar-refractivity contribution in [3.63, 3.8) is 0 Å². The fourth-order valence-electron chi connectivity index (χ4n) is 3.64. The molecule has 0 fully saturated rings. The number of aromatic nitrogens is 1. The highest BCUT2D eigenvalue weighted by atomic mass is 35.5. The van der Waals surface area contributed by atoms with Crippen molar-refractivity contribution >= 4 is 52.1 Å². The molecule has 0 saturated carbocycles. The summed E-state index contributed by atoms with van der Waals surface area (Å²) in [7, 11) is 0. The van der Waals surface area contributed by atoms with E-state index in [0.29, 0.717) is 37.6 Å². The first-order valence-electron chi connectivity index (χ1n) is 10.7. The van der Waals surface area contributed by atoms with Crippen LogP contribution in [0.2, 0.25) is 10.0 Å². The van der Waals surface area contributed by atoms with Crippen LogP contribution in [0.15, 0.2) is 64.0 Å². The van der Waals surface area contributed by atoms with Gasteiger partial charge in [-0.25, -0.2) is 9.67 Å². The summed E-state index contributed by atoms with van der Waals surface area (Å²) in [6.45, 7) is 3.97. The van der Waals surface area contributed by atoms with Crippen LogP contribution in [-0.4, -0.2) is 22.6 Å². The topological polar surface area (TPSA) is 91.2 Å². The van der Waals surface area contributed by atoms with Gasteiger partial charge in [0.15, 0.2) is 11.5 Å². The van der Waals surface area contributed by atoms with Crippen molar-refractivity contribution in [2.45, 2.75) is 13.8 Å². The second kappa shape index (κ2) is 9.77. The van der Waals surface area contributed by atoms with Gasteiger partial charge in [0.1, 0.15) is 0 Å². The van der Waals surface area contributed by atoms with Gasteiger partial charge in [0.25, 0.3) is 5.69 Å². The predicted octanol–water partition coefficient (Wildman–Crippen LogP) is 6.89. The Bertz CT molecular complexity index is 1610. The molecule has 0 saturated heterocycles. The first kappa shape index (κ1) is 24.1. The average Bonchev–Trinajstić information content (AvgIpc) is 3.47. The van der Waals surface area contributed by atoms with Crippen LogP contribution >= 0.6 is 34.5 Å². The van der Waals surface area contributed by atoms with Gasteiger partial charge in [-0.1, -0.05) is 35.3 Å². The average molecular weight is 541 g/mol. The van der Waals surface area contributed by atoms with E-state index in [1.165, 1.54) is 29.7 Å². The van der Waals surface area contributed by atoms with Crippen molar-refractivity contribution in [3.05, 3.63) is 95.6 Å². The smallest absolute Gasteiger partial charge is 0.282 e. The largest absolute Gasteiger partial charge is 0.454 e. The number of benzene rings is 3. The number of hydrogen-bond donors (Lipinski definition) is 0. The molecular formula is C25H18Cl2N4O4S. The van der Waals surface area contributed by atoms with Crippen molar-refractivity contribution < 1.29 is 14.4 Å². The van der Waals surface area contributed by atoms with Gasteiger partial charge in [-0.3, -0.25) is 10.1 Å². The van der Waals surface area contributed by atoms with Gasteiger partial charge in [0, 0.05) is 16.0 Å². The highest BCUT2D eigenvalue weighted by Gasteiger charge is 2.23. The molecular weight excluding hydrogens is 523 g/mol. The van der Waals surface area contributed by atoms with Gasteiger partial charge in [-0.15, -0.1) is 11.3 Å². The predicted molar refractivity (Wildman–Crippen MR) is 141 cm³/mol. The third-order valence-electron chi connectivity index (χ3n) is 5.50. The molecule has 2 heterocycles. The maximum absolute atomic E-state index is 11.7. The van der Waals surface area contributed by atoms with Crippen LogP contribution in [0, 0.1) is 24.0 Å². The van der Waals surface area contributed by atoms with Gasteiger partial charge in [-0.05, 0) is 55.3 Å². The number of aryl methyl sites for hydroxylation is 2. The summed E-state index contributed by atoms with van der Waals surface area (Å²) < 4.78 is 12.3. The molecule has 0 spiro atoms. The molecule has 1 aliphatic rings. The van der Waals surface area contributed by atoms with Crippen LogP contribution in [0.4, 0.5) is 11.4 Å². The molecule has 5 rings (SSSR count). The molecule has 182 valence electrons. The van der Waals surface area contributed by atoms with E-state index in [0.717, 1.165) is 16.8 Å². The van der Waals surface area contributed by atoms with Crippen molar-refractivity contribution in [2.24, 2.45) is 10.1 Å². The third-order valence-corrected chi connectivity index (χ3v) is 6.88. The number of ether oxygens (including phenoxy) is 2. The summed E-state index contributed by atoms with van der Waals surface area (Å²) in [5, 5.41) is 19.2. The summed E-state index contributed by atoms with van der Waals surface area (Å²) >= 11 is 14.1. The van der Waals surface area contributed by atoms with E-state index < -0.39 is 4.92 Å². The Kier molecular flexibility index (Phi) is 6.53. The zero-order valence-corrected chi connectivity index (χ0v) is 21.4. The fourth-order valence-corrected chi connectivity index (χ4v) is 4.87. The standard InChI is InChI=1S/C25H18Cl2N4O4S/c1-14-3-4-15(2)20(7-14)29-25-30(22(12-36-25)18-9-17(26)5-6-19(18)27)28-11-16-8-23-24(35-13-34-23)10-21(16)31(32)33/h3-12H,13H2,1-2H3. The second-order valence-corrected chi connectivity index (χ2v) is 9.69. The maximum Gasteiger partial charge on any atom is 0.282 e. The molecule has 36 heavy (non-hydrogen) atoms.